The SMILES string of the molecule is Cc1cc(C)cc(CSc2ccc(C(=O)O)cc2Cl)c1. The molecule has 0 atom stereocenters. The number of aryl methyl sites for hydroxylation is 2. The van der Waals surface area contributed by atoms with Gasteiger partial charge in [0.2, 0.25) is 0 Å². The normalized spacial score (nSPS) is 10.6. The molecule has 0 aliphatic carbocycles. The summed E-state index contributed by atoms with van der Waals surface area (Å²) in [6.45, 7) is 4.16. The maximum Gasteiger partial charge on any atom is 0.335 e. The van der Waals surface area contributed by atoms with E-state index in [-0.39, 0.29) is 5.56 Å². The standard InChI is InChI=1S/C16H15ClO2S/c1-10-5-11(2)7-12(6-10)9-20-15-4-3-13(16(18)19)8-14(15)17/h3-8H,9H2,1-2H3,(H,18,19). The molecule has 0 bridgehead atoms. The summed E-state index contributed by atoms with van der Waals surface area (Å²) in [4.78, 5) is 11.8. The summed E-state index contributed by atoms with van der Waals surface area (Å²) in [7, 11) is 0. The minimum Gasteiger partial charge on any atom is -0.478 e. The molecule has 0 aliphatic heterocycles. The van der Waals surface area contributed by atoms with Crippen molar-refractivity contribution in [2.45, 2.75) is 24.5 Å². The fourth-order valence-corrected chi connectivity index (χ4v) is 3.26. The molecule has 4 heteroatoms. The molecule has 0 fully saturated rings. The van der Waals surface area contributed by atoms with E-state index in [4.69, 9.17) is 16.7 Å². The lowest BCUT2D eigenvalue weighted by Gasteiger charge is -2.07. The van der Waals surface area contributed by atoms with E-state index < -0.39 is 5.97 Å². The highest BCUT2D eigenvalue weighted by Crippen LogP contribution is 2.31. The number of carboxylic acids is 1. The number of aromatic carboxylic acids is 1. The van der Waals surface area contributed by atoms with Gasteiger partial charge >= 0.3 is 5.97 Å². The summed E-state index contributed by atoms with van der Waals surface area (Å²) in [6.07, 6.45) is 0. The van der Waals surface area contributed by atoms with Crippen molar-refractivity contribution in [2.75, 3.05) is 0 Å². The van der Waals surface area contributed by atoms with Gasteiger partial charge in [0.25, 0.3) is 0 Å². The van der Waals surface area contributed by atoms with Crippen LogP contribution < -0.4 is 0 Å². The molecule has 0 heterocycles. The van der Waals surface area contributed by atoms with E-state index in [2.05, 4.69) is 32.0 Å². The lowest BCUT2D eigenvalue weighted by atomic mass is 10.1. The number of hydrogen-bond acceptors (Lipinski definition) is 2. The Kier molecular flexibility index (Phi) is 4.73. The predicted molar refractivity (Wildman–Crippen MR) is 83.9 cm³/mol. The number of thioether (sulfide) groups is 1. The summed E-state index contributed by atoms with van der Waals surface area (Å²) in [6, 6.07) is 11.3. The molecule has 2 aromatic carbocycles. The third-order valence-corrected chi connectivity index (χ3v) is 4.42. The monoisotopic (exact) mass is 306 g/mol. The van der Waals surface area contributed by atoms with E-state index in [0.29, 0.717) is 5.02 Å². The third kappa shape index (κ3) is 3.78. The van der Waals surface area contributed by atoms with Gasteiger partial charge in [-0.25, -0.2) is 4.79 Å². The Bertz CT molecular complexity index is 633. The molecule has 20 heavy (non-hydrogen) atoms. The van der Waals surface area contributed by atoms with Gasteiger partial charge in [-0.1, -0.05) is 40.9 Å². The zero-order valence-corrected chi connectivity index (χ0v) is 12.9. The molecule has 0 aliphatic rings. The molecule has 0 amide bonds. The van der Waals surface area contributed by atoms with Crippen LogP contribution in [0.25, 0.3) is 0 Å². The third-order valence-electron chi connectivity index (χ3n) is 2.85. The van der Waals surface area contributed by atoms with Gasteiger partial charge in [-0.15, -0.1) is 11.8 Å². The van der Waals surface area contributed by atoms with Crippen molar-refractivity contribution in [3.05, 3.63) is 63.7 Å². The van der Waals surface area contributed by atoms with Crippen LogP contribution in [0.2, 0.25) is 5.02 Å². The van der Waals surface area contributed by atoms with Crippen molar-refractivity contribution < 1.29 is 9.90 Å². The first-order chi connectivity index (χ1) is 9.45. The number of carbonyl (C=O) groups is 1. The number of carboxylic acid groups (broad SMARTS) is 1. The summed E-state index contributed by atoms with van der Waals surface area (Å²) in [5.74, 6) is -0.146. The second-order valence-corrected chi connectivity index (χ2v) is 6.16. The Labute approximate surface area is 127 Å². The Morgan fingerprint density at radius 1 is 1.15 bits per heavy atom. The van der Waals surface area contributed by atoms with E-state index in [1.54, 1.807) is 23.9 Å². The van der Waals surface area contributed by atoms with E-state index in [0.717, 1.165) is 10.6 Å². The fourth-order valence-electron chi connectivity index (χ4n) is 2.06. The lowest BCUT2D eigenvalue weighted by molar-refractivity contribution is 0.0697. The highest BCUT2D eigenvalue weighted by atomic mass is 35.5. The maximum absolute atomic E-state index is 10.9. The molecule has 1 N–H and O–H groups in total. The highest BCUT2D eigenvalue weighted by Gasteiger charge is 2.08. The molecule has 0 saturated carbocycles. The van der Waals surface area contributed by atoms with Gasteiger partial charge in [0.05, 0.1) is 10.6 Å². The molecule has 2 nitrogen and oxygen atoms in total. The molecule has 2 rings (SSSR count). The molecule has 0 aromatic heterocycles. The molecule has 0 saturated heterocycles. The van der Waals surface area contributed by atoms with Gasteiger partial charge in [-0.2, -0.15) is 0 Å². The number of rotatable bonds is 4. The van der Waals surface area contributed by atoms with Crippen molar-refractivity contribution in [3.8, 4) is 0 Å². The van der Waals surface area contributed by atoms with Gasteiger partial charge in [-0.3, -0.25) is 0 Å². The van der Waals surface area contributed by atoms with Crippen LogP contribution in [0.15, 0.2) is 41.3 Å². The van der Waals surface area contributed by atoms with Gasteiger partial charge in [0.1, 0.15) is 0 Å². The molecule has 0 radical (unpaired) electrons. The van der Waals surface area contributed by atoms with Crippen molar-refractivity contribution in [3.63, 3.8) is 0 Å². The fraction of sp³-hybridized carbons (Fsp3) is 0.188. The van der Waals surface area contributed by atoms with E-state index in [9.17, 15) is 4.79 Å². The number of halogens is 1. The van der Waals surface area contributed by atoms with Crippen molar-refractivity contribution in [1.82, 2.24) is 0 Å². The Morgan fingerprint density at radius 3 is 2.35 bits per heavy atom. The summed E-state index contributed by atoms with van der Waals surface area (Å²) in [5.41, 5.74) is 3.94. The minimum atomic E-state index is -0.960. The smallest absolute Gasteiger partial charge is 0.335 e. The minimum absolute atomic E-state index is 0.214. The van der Waals surface area contributed by atoms with Crippen LogP contribution in [-0.2, 0) is 5.75 Å². The second kappa shape index (κ2) is 6.33. The largest absolute Gasteiger partial charge is 0.478 e. The first-order valence-electron chi connectivity index (χ1n) is 6.18. The second-order valence-electron chi connectivity index (χ2n) is 4.73. The maximum atomic E-state index is 10.9. The molecule has 0 unspecified atom stereocenters. The van der Waals surface area contributed by atoms with Crippen molar-refractivity contribution in [2.24, 2.45) is 0 Å². The molecule has 0 spiro atoms. The first kappa shape index (κ1) is 14.9. The predicted octanol–water partition coefficient (Wildman–Crippen LogP) is 4.95. The Morgan fingerprint density at radius 2 is 1.80 bits per heavy atom. The molecular weight excluding hydrogens is 292 g/mol. The van der Waals surface area contributed by atoms with Crippen LogP contribution in [0, 0.1) is 13.8 Å². The number of hydrogen-bond donors (Lipinski definition) is 1. The van der Waals surface area contributed by atoms with Crippen LogP contribution >= 0.6 is 23.4 Å². The summed E-state index contributed by atoms with van der Waals surface area (Å²) >= 11 is 7.73. The van der Waals surface area contributed by atoms with Crippen LogP contribution in [0.4, 0.5) is 0 Å². The van der Waals surface area contributed by atoms with E-state index in [1.807, 2.05) is 0 Å². The van der Waals surface area contributed by atoms with Gasteiger partial charge in [0.15, 0.2) is 0 Å². The van der Waals surface area contributed by atoms with Crippen LogP contribution in [0.5, 0.6) is 0 Å². The molecule has 2 aromatic rings. The van der Waals surface area contributed by atoms with E-state index >= 15 is 0 Å². The topological polar surface area (TPSA) is 37.3 Å². The highest BCUT2D eigenvalue weighted by molar-refractivity contribution is 7.98. The average Bonchev–Trinajstić information content (AvgIpc) is 2.36. The van der Waals surface area contributed by atoms with Crippen molar-refractivity contribution in [1.29, 1.82) is 0 Å². The summed E-state index contributed by atoms with van der Waals surface area (Å²) < 4.78 is 0. The molecule has 104 valence electrons. The van der Waals surface area contributed by atoms with Crippen LogP contribution in [0.1, 0.15) is 27.0 Å². The lowest BCUT2D eigenvalue weighted by Crippen LogP contribution is -1.95. The van der Waals surface area contributed by atoms with Gasteiger partial charge in [0, 0.05) is 10.6 Å². The Balaban J connectivity index is 2.12. The number of benzene rings is 2. The first-order valence-corrected chi connectivity index (χ1v) is 7.55. The van der Waals surface area contributed by atoms with Gasteiger partial charge in [-0.05, 0) is 37.6 Å². The quantitative estimate of drug-likeness (QED) is 0.812. The average molecular weight is 307 g/mol. The zero-order chi connectivity index (χ0) is 14.7. The van der Waals surface area contributed by atoms with E-state index in [1.165, 1.54) is 22.8 Å². The Hall–Kier alpha value is -1.45. The summed E-state index contributed by atoms with van der Waals surface area (Å²) in [5, 5.41) is 9.39. The van der Waals surface area contributed by atoms with Crippen LogP contribution in [-0.4, -0.2) is 11.1 Å². The van der Waals surface area contributed by atoms with Crippen molar-refractivity contribution >= 4 is 29.3 Å². The van der Waals surface area contributed by atoms with Crippen LogP contribution in [0.3, 0.4) is 0 Å². The zero-order valence-electron chi connectivity index (χ0n) is 11.3. The molecular formula is C16H15ClO2S. The van der Waals surface area contributed by atoms with Gasteiger partial charge < -0.3 is 5.11 Å².